The lowest BCUT2D eigenvalue weighted by atomic mass is 9.68. The molecule has 39 heavy (non-hydrogen) atoms. The van der Waals surface area contributed by atoms with Crippen molar-refractivity contribution in [3.8, 4) is 17.4 Å². The largest absolute Gasteiger partial charge is 0.490 e. The molecule has 0 radical (unpaired) electrons. The number of rotatable bonds is 9. The van der Waals surface area contributed by atoms with Gasteiger partial charge in [-0.05, 0) is 80.0 Å². The molecule has 0 spiro atoms. The van der Waals surface area contributed by atoms with Crippen LogP contribution in [0, 0.1) is 11.8 Å². The Hall–Kier alpha value is -3.91. The molecule has 2 fully saturated rings. The molecule has 1 aromatic heterocycles. The van der Waals surface area contributed by atoms with Crippen molar-refractivity contribution in [1.29, 1.82) is 0 Å². The number of anilines is 1. The van der Waals surface area contributed by atoms with Crippen molar-refractivity contribution in [3.05, 3.63) is 78.0 Å². The number of aromatic nitrogens is 1. The topological polar surface area (TPSA) is 107 Å². The molecule has 4 unspecified atom stereocenters. The fourth-order valence-corrected chi connectivity index (χ4v) is 5.94. The van der Waals surface area contributed by atoms with Gasteiger partial charge in [0.2, 0.25) is 11.8 Å². The Morgan fingerprint density at radius 1 is 0.897 bits per heavy atom. The third-order valence-corrected chi connectivity index (χ3v) is 7.79. The van der Waals surface area contributed by atoms with Crippen molar-refractivity contribution in [3.63, 3.8) is 0 Å². The fourth-order valence-electron chi connectivity index (χ4n) is 5.94. The van der Waals surface area contributed by atoms with E-state index in [1.165, 1.54) is 31.7 Å². The highest BCUT2D eigenvalue weighted by Gasteiger charge is 2.41. The van der Waals surface area contributed by atoms with Crippen LogP contribution in [-0.2, 0) is 16.0 Å². The second-order valence-electron chi connectivity index (χ2n) is 10.3. The van der Waals surface area contributed by atoms with Crippen LogP contribution in [0.5, 0.6) is 17.4 Å². The quantitative estimate of drug-likeness (QED) is 0.343. The molecule has 4 atom stereocenters. The summed E-state index contributed by atoms with van der Waals surface area (Å²) in [4.78, 5) is 28.1. The third-order valence-electron chi connectivity index (χ3n) is 7.79. The zero-order valence-corrected chi connectivity index (χ0v) is 22.0. The number of ether oxygens (including phenoxy) is 3. The summed E-state index contributed by atoms with van der Waals surface area (Å²) >= 11 is 0. The number of pyridine rings is 1. The van der Waals surface area contributed by atoms with E-state index in [9.17, 15) is 14.7 Å². The molecular weight excluding hydrogens is 496 g/mol. The number of carbonyl (C=O) groups is 2. The van der Waals surface area contributed by atoms with Gasteiger partial charge in [-0.3, -0.25) is 4.79 Å². The number of methoxy groups -OCH3 is 1. The van der Waals surface area contributed by atoms with Gasteiger partial charge in [0.1, 0.15) is 17.6 Å². The number of carboxylic acids is 1. The number of hydrogen-bond acceptors (Lipinski definition) is 6. The first-order chi connectivity index (χ1) is 19.0. The number of amides is 1. The van der Waals surface area contributed by atoms with E-state index in [0.717, 1.165) is 18.6 Å². The van der Waals surface area contributed by atoms with E-state index in [-0.39, 0.29) is 29.7 Å². The Morgan fingerprint density at radius 2 is 1.59 bits per heavy atom. The molecule has 204 valence electrons. The smallest absolute Gasteiger partial charge is 0.337 e. The van der Waals surface area contributed by atoms with Gasteiger partial charge in [0, 0.05) is 25.3 Å². The van der Waals surface area contributed by atoms with Gasteiger partial charge >= 0.3 is 5.97 Å². The van der Waals surface area contributed by atoms with E-state index in [1.807, 2.05) is 31.4 Å². The number of fused-ring (bicyclic) bond motifs is 1. The predicted molar refractivity (Wildman–Crippen MR) is 146 cm³/mol. The summed E-state index contributed by atoms with van der Waals surface area (Å²) in [6, 6.07) is 17.4. The zero-order chi connectivity index (χ0) is 27.2. The van der Waals surface area contributed by atoms with Crippen LogP contribution in [0.4, 0.5) is 5.69 Å². The van der Waals surface area contributed by atoms with Gasteiger partial charge in [0.25, 0.3) is 0 Å². The second-order valence-corrected chi connectivity index (χ2v) is 10.3. The van der Waals surface area contributed by atoms with Gasteiger partial charge in [-0.15, -0.1) is 0 Å². The third kappa shape index (κ3) is 6.57. The van der Waals surface area contributed by atoms with Gasteiger partial charge in [-0.2, -0.15) is 0 Å². The molecule has 2 N–H and O–H groups in total. The van der Waals surface area contributed by atoms with Gasteiger partial charge in [-0.1, -0.05) is 24.6 Å². The van der Waals surface area contributed by atoms with Crippen LogP contribution in [-0.4, -0.2) is 41.3 Å². The standard InChI is InChI=1S/C31H34N2O6/c1-37-27-10-4-8-24-23(27)7-5-11-28(24)38-21-13-15-22(16-14-21)39-30-17-12-20(19-32-30)18-29(34)33-26-9-3-2-6-25(26)31(35)36/h2-3,6,9,12-17,19,23-24,27-28H,4-5,7-8,10-11,18H2,1H3,(H,33,34)(H,35,36). The van der Waals surface area contributed by atoms with Crippen molar-refractivity contribution >= 4 is 17.6 Å². The number of aromatic carboxylic acids is 1. The maximum Gasteiger partial charge on any atom is 0.337 e. The van der Waals surface area contributed by atoms with E-state index in [1.54, 1.807) is 36.5 Å². The Morgan fingerprint density at radius 3 is 2.28 bits per heavy atom. The minimum absolute atomic E-state index is 0.0424. The highest BCUT2D eigenvalue weighted by atomic mass is 16.5. The molecule has 0 saturated heterocycles. The van der Waals surface area contributed by atoms with Gasteiger partial charge in [0.15, 0.2) is 0 Å². The number of carbonyl (C=O) groups excluding carboxylic acids is 1. The summed E-state index contributed by atoms with van der Waals surface area (Å²) in [7, 11) is 1.83. The van der Waals surface area contributed by atoms with Crippen LogP contribution in [0.25, 0.3) is 0 Å². The van der Waals surface area contributed by atoms with Crippen molar-refractivity contribution in [1.82, 2.24) is 4.98 Å². The molecule has 1 heterocycles. The fraction of sp³-hybridized carbons (Fsp3) is 0.387. The van der Waals surface area contributed by atoms with Crippen molar-refractivity contribution in [2.75, 3.05) is 12.4 Å². The summed E-state index contributed by atoms with van der Waals surface area (Å²) < 4.78 is 18.1. The minimum atomic E-state index is -1.10. The number of para-hydroxylation sites is 1. The highest BCUT2D eigenvalue weighted by molar-refractivity contribution is 6.00. The first-order valence-corrected chi connectivity index (χ1v) is 13.5. The van der Waals surface area contributed by atoms with Crippen molar-refractivity contribution in [2.24, 2.45) is 11.8 Å². The van der Waals surface area contributed by atoms with Gasteiger partial charge < -0.3 is 24.6 Å². The molecule has 2 aliphatic rings. The Labute approximate surface area is 228 Å². The number of carboxylic acid groups (broad SMARTS) is 1. The molecule has 2 saturated carbocycles. The van der Waals surface area contributed by atoms with E-state index in [0.29, 0.717) is 35.1 Å². The molecule has 2 aromatic carbocycles. The molecule has 0 bridgehead atoms. The lowest BCUT2D eigenvalue weighted by Crippen LogP contribution is -2.44. The van der Waals surface area contributed by atoms with E-state index in [4.69, 9.17) is 14.2 Å². The SMILES string of the molecule is COC1CCCC2C(Oc3ccc(Oc4ccc(CC(=O)Nc5ccccc5C(=O)O)cn4)cc3)CCCC12. The first kappa shape index (κ1) is 26.7. The normalized spacial score (nSPS) is 22.4. The lowest BCUT2D eigenvalue weighted by Gasteiger charge is -2.44. The Balaban J connectivity index is 1.14. The van der Waals surface area contributed by atoms with E-state index >= 15 is 0 Å². The van der Waals surface area contributed by atoms with Crippen LogP contribution >= 0.6 is 0 Å². The highest BCUT2D eigenvalue weighted by Crippen LogP contribution is 2.43. The second kappa shape index (κ2) is 12.3. The molecule has 2 aliphatic carbocycles. The van der Waals surface area contributed by atoms with Gasteiger partial charge in [-0.25, -0.2) is 9.78 Å². The number of benzene rings is 2. The molecule has 1 amide bonds. The number of hydrogen-bond donors (Lipinski definition) is 2. The summed E-state index contributed by atoms with van der Waals surface area (Å²) in [5, 5.41) is 11.9. The van der Waals surface area contributed by atoms with Crippen LogP contribution in [0.1, 0.15) is 54.4 Å². The van der Waals surface area contributed by atoms with Crippen LogP contribution in [0.15, 0.2) is 66.9 Å². The monoisotopic (exact) mass is 530 g/mol. The minimum Gasteiger partial charge on any atom is -0.490 e. The van der Waals surface area contributed by atoms with Crippen molar-refractivity contribution < 1.29 is 28.9 Å². The molecular formula is C31H34N2O6. The maximum absolute atomic E-state index is 12.4. The Bertz CT molecular complexity index is 1280. The van der Waals surface area contributed by atoms with E-state index in [2.05, 4.69) is 10.3 Å². The average molecular weight is 531 g/mol. The lowest BCUT2D eigenvalue weighted by molar-refractivity contribution is -0.115. The number of nitrogens with one attached hydrogen (secondary N) is 1. The molecule has 8 nitrogen and oxygen atoms in total. The summed E-state index contributed by atoms with van der Waals surface area (Å²) in [5.74, 6) is 1.60. The molecule has 5 rings (SSSR count). The summed E-state index contributed by atoms with van der Waals surface area (Å²) in [5.41, 5.74) is 0.984. The van der Waals surface area contributed by atoms with Crippen molar-refractivity contribution in [2.45, 2.75) is 57.2 Å². The van der Waals surface area contributed by atoms with Crippen LogP contribution in [0.2, 0.25) is 0 Å². The summed E-state index contributed by atoms with van der Waals surface area (Å²) in [6.07, 6.45) is 9.24. The summed E-state index contributed by atoms with van der Waals surface area (Å²) in [6.45, 7) is 0. The van der Waals surface area contributed by atoms with Gasteiger partial charge in [0.05, 0.1) is 23.8 Å². The zero-order valence-electron chi connectivity index (χ0n) is 22.0. The maximum atomic E-state index is 12.4. The van der Waals surface area contributed by atoms with E-state index < -0.39 is 5.97 Å². The predicted octanol–water partition coefficient (Wildman–Crippen LogP) is 6.12. The van der Waals surface area contributed by atoms with Crippen LogP contribution in [0.3, 0.4) is 0 Å². The Kier molecular flexibility index (Phi) is 8.42. The number of nitrogens with zero attached hydrogens (tertiary/aromatic N) is 1. The molecule has 0 aliphatic heterocycles. The molecule has 3 aromatic rings. The first-order valence-electron chi connectivity index (χ1n) is 13.5. The van der Waals surface area contributed by atoms with Crippen LogP contribution < -0.4 is 14.8 Å². The molecule has 8 heteroatoms. The average Bonchev–Trinajstić information content (AvgIpc) is 2.95.